The summed E-state index contributed by atoms with van der Waals surface area (Å²) in [5.74, 6) is -0.816. The van der Waals surface area contributed by atoms with Gasteiger partial charge in [0.1, 0.15) is 5.82 Å². The number of hydrogen-bond donors (Lipinski definition) is 1. The molecule has 0 aliphatic heterocycles. The molecule has 1 aromatic carbocycles. The van der Waals surface area contributed by atoms with E-state index in [9.17, 15) is 17.6 Å². The number of nitrogens with one attached hydrogen (secondary N) is 1. The number of hydrogen-bond acceptors (Lipinski definition) is 4. The lowest BCUT2D eigenvalue weighted by atomic mass is 10.2. The second-order valence-electron chi connectivity index (χ2n) is 5.12. The second kappa shape index (κ2) is 6.53. The molecule has 2 rings (SSSR count). The highest BCUT2D eigenvalue weighted by atomic mass is 32.2. The molecule has 0 amide bonds. The van der Waals surface area contributed by atoms with Gasteiger partial charge in [-0.3, -0.25) is 0 Å². The summed E-state index contributed by atoms with van der Waals surface area (Å²) in [6.07, 6.45) is 4.13. The molecular formula is C14H18FNO4S. The van der Waals surface area contributed by atoms with Crippen molar-refractivity contribution in [1.29, 1.82) is 0 Å². The molecule has 1 saturated carbocycles. The van der Waals surface area contributed by atoms with E-state index in [1.54, 1.807) is 0 Å². The van der Waals surface area contributed by atoms with Crippen molar-refractivity contribution in [3.8, 4) is 0 Å². The Hall–Kier alpha value is -1.47. The highest BCUT2D eigenvalue weighted by Crippen LogP contribution is 2.33. The van der Waals surface area contributed by atoms with Crippen molar-refractivity contribution >= 4 is 16.0 Å². The molecule has 5 nitrogen and oxygen atoms in total. The zero-order valence-electron chi connectivity index (χ0n) is 11.8. The normalized spacial score (nSPS) is 15.0. The zero-order valence-corrected chi connectivity index (χ0v) is 12.6. The predicted molar refractivity (Wildman–Crippen MR) is 74.9 cm³/mol. The summed E-state index contributed by atoms with van der Waals surface area (Å²) >= 11 is 0. The van der Waals surface area contributed by atoms with Crippen LogP contribution < -0.4 is 4.72 Å². The number of benzene rings is 1. The Kier molecular flexibility index (Phi) is 4.95. The Morgan fingerprint density at radius 3 is 2.76 bits per heavy atom. The van der Waals surface area contributed by atoms with E-state index in [1.807, 2.05) is 0 Å². The Labute approximate surface area is 123 Å². The Bertz CT molecular complexity index is 626. The van der Waals surface area contributed by atoms with Crippen LogP contribution in [0.3, 0.4) is 0 Å². The van der Waals surface area contributed by atoms with Gasteiger partial charge in [-0.05, 0) is 37.0 Å². The Morgan fingerprint density at radius 2 is 2.14 bits per heavy atom. The Balaban J connectivity index is 2.12. The van der Waals surface area contributed by atoms with Gasteiger partial charge >= 0.3 is 5.97 Å². The first-order chi connectivity index (χ1) is 9.94. The van der Waals surface area contributed by atoms with E-state index in [1.165, 1.54) is 12.8 Å². The van der Waals surface area contributed by atoms with Crippen LogP contribution in [0.1, 0.15) is 36.0 Å². The molecule has 7 heteroatoms. The lowest BCUT2D eigenvalue weighted by Gasteiger charge is -2.10. The highest BCUT2D eigenvalue weighted by molar-refractivity contribution is 7.89. The molecule has 1 aromatic rings. The average molecular weight is 315 g/mol. The second-order valence-corrected chi connectivity index (χ2v) is 6.85. The maximum Gasteiger partial charge on any atom is 0.339 e. The number of sulfonamides is 1. The number of carbonyl (C=O) groups excluding carboxylic acids is 1. The predicted octanol–water partition coefficient (Wildman–Crippen LogP) is 2.08. The van der Waals surface area contributed by atoms with Crippen molar-refractivity contribution < 1.29 is 22.3 Å². The summed E-state index contributed by atoms with van der Waals surface area (Å²) in [5.41, 5.74) is -0.173. The average Bonchev–Trinajstić information content (AvgIpc) is 3.27. The lowest BCUT2D eigenvalue weighted by Crippen LogP contribution is -2.27. The van der Waals surface area contributed by atoms with E-state index in [0.29, 0.717) is 5.92 Å². The number of methoxy groups -OCH3 is 1. The summed E-state index contributed by atoms with van der Waals surface area (Å²) in [7, 11) is -2.79. The monoisotopic (exact) mass is 315 g/mol. The summed E-state index contributed by atoms with van der Waals surface area (Å²) in [5, 5.41) is 0. The molecule has 116 valence electrons. The fraction of sp³-hybridized carbons (Fsp3) is 0.500. The van der Waals surface area contributed by atoms with Crippen LogP contribution in [-0.4, -0.2) is 28.0 Å². The molecule has 0 spiro atoms. The third-order valence-corrected chi connectivity index (χ3v) is 4.92. The van der Waals surface area contributed by atoms with Crippen LogP contribution in [-0.2, 0) is 14.8 Å². The molecule has 0 atom stereocenters. The maximum absolute atomic E-state index is 13.3. The van der Waals surface area contributed by atoms with Gasteiger partial charge in [-0.1, -0.05) is 12.8 Å². The first kappa shape index (κ1) is 15.9. The van der Waals surface area contributed by atoms with Gasteiger partial charge in [0.25, 0.3) is 0 Å². The maximum atomic E-state index is 13.3. The number of halogens is 1. The molecule has 0 bridgehead atoms. The minimum Gasteiger partial charge on any atom is -0.465 e. The van der Waals surface area contributed by atoms with Crippen molar-refractivity contribution in [3.63, 3.8) is 0 Å². The van der Waals surface area contributed by atoms with Crippen molar-refractivity contribution in [2.75, 3.05) is 13.7 Å². The minimum absolute atomic E-state index is 0.173. The number of ether oxygens (including phenoxy) is 1. The van der Waals surface area contributed by atoms with E-state index < -0.39 is 21.8 Å². The van der Waals surface area contributed by atoms with Crippen LogP contribution in [0.25, 0.3) is 0 Å². The first-order valence-electron chi connectivity index (χ1n) is 6.81. The van der Waals surface area contributed by atoms with Gasteiger partial charge in [-0.15, -0.1) is 0 Å². The molecule has 0 radical (unpaired) electrons. The number of esters is 1. The summed E-state index contributed by atoms with van der Waals surface area (Å²) in [4.78, 5) is 11.2. The van der Waals surface area contributed by atoms with Crippen LogP contribution in [0.4, 0.5) is 4.39 Å². The third kappa shape index (κ3) is 4.25. The van der Waals surface area contributed by atoms with Crippen LogP contribution in [0.2, 0.25) is 0 Å². The SMILES string of the molecule is COC(=O)c1ccc(F)cc1S(=O)(=O)NCCCC1CC1. The number of rotatable bonds is 7. The van der Waals surface area contributed by atoms with Gasteiger partial charge in [0.15, 0.2) is 0 Å². The van der Waals surface area contributed by atoms with Gasteiger partial charge in [0, 0.05) is 6.54 Å². The molecule has 0 aromatic heterocycles. The van der Waals surface area contributed by atoms with Crippen LogP contribution in [0, 0.1) is 11.7 Å². The van der Waals surface area contributed by atoms with E-state index >= 15 is 0 Å². The summed E-state index contributed by atoms with van der Waals surface area (Å²) in [6.45, 7) is 0.274. The molecule has 0 saturated heterocycles. The standard InChI is InChI=1S/C14H18FNO4S/c1-20-14(17)12-7-6-11(15)9-13(12)21(18,19)16-8-2-3-10-4-5-10/h6-7,9-10,16H,2-5,8H2,1H3. The van der Waals surface area contributed by atoms with E-state index in [4.69, 9.17) is 0 Å². The molecule has 0 unspecified atom stereocenters. The summed E-state index contributed by atoms with van der Waals surface area (Å²) < 4.78 is 44.6. The van der Waals surface area contributed by atoms with Gasteiger partial charge in [0.2, 0.25) is 10.0 Å². The molecule has 1 fully saturated rings. The molecule has 21 heavy (non-hydrogen) atoms. The molecule has 1 aliphatic carbocycles. The molecular weight excluding hydrogens is 297 g/mol. The lowest BCUT2D eigenvalue weighted by molar-refractivity contribution is 0.0596. The smallest absolute Gasteiger partial charge is 0.339 e. The van der Waals surface area contributed by atoms with Crippen LogP contribution in [0.5, 0.6) is 0 Å². The van der Waals surface area contributed by atoms with Crippen LogP contribution in [0.15, 0.2) is 23.1 Å². The largest absolute Gasteiger partial charge is 0.465 e. The van der Waals surface area contributed by atoms with E-state index in [-0.39, 0.29) is 17.0 Å². The Morgan fingerprint density at radius 1 is 1.43 bits per heavy atom. The van der Waals surface area contributed by atoms with Gasteiger partial charge in [0.05, 0.1) is 17.6 Å². The topological polar surface area (TPSA) is 72.5 Å². The van der Waals surface area contributed by atoms with Gasteiger partial charge in [-0.2, -0.15) is 0 Å². The van der Waals surface area contributed by atoms with Crippen molar-refractivity contribution in [3.05, 3.63) is 29.6 Å². The van der Waals surface area contributed by atoms with E-state index in [2.05, 4.69) is 9.46 Å². The fourth-order valence-corrected chi connectivity index (χ4v) is 3.36. The van der Waals surface area contributed by atoms with Crippen LogP contribution >= 0.6 is 0 Å². The van der Waals surface area contributed by atoms with Gasteiger partial charge in [-0.25, -0.2) is 22.3 Å². The minimum atomic E-state index is -3.94. The van der Waals surface area contributed by atoms with Gasteiger partial charge < -0.3 is 4.74 Å². The fourth-order valence-electron chi connectivity index (χ4n) is 2.08. The quantitative estimate of drug-likeness (QED) is 0.617. The molecule has 0 heterocycles. The van der Waals surface area contributed by atoms with E-state index in [0.717, 1.165) is 38.2 Å². The van der Waals surface area contributed by atoms with Crippen molar-refractivity contribution in [1.82, 2.24) is 4.72 Å². The van der Waals surface area contributed by atoms with Crippen molar-refractivity contribution in [2.24, 2.45) is 5.92 Å². The summed E-state index contributed by atoms with van der Waals surface area (Å²) in [6, 6.07) is 2.97. The number of carbonyl (C=O) groups is 1. The first-order valence-corrected chi connectivity index (χ1v) is 8.30. The van der Waals surface area contributed by atoms with Crippen molar-refractivity contribution in [2.45, 2.75) is 30.6 Å². The molecule has 1 aliphatic rings. The highest BCUT2D eigenvalue weighted by Gasteiger charge is 2.24. The molecule has 1 N–H and O–H groups in total. The zero-order chi connectivity index (χ0) is 15.5. The third-order valence-electron chi connectivity index (χ3n) is 3.42.